The van der Waals surface area contributed by atoms with E-state index in [1.165, 1.54) is 0 Å². The van der Waals surface area contributed by atoms with Crippen molar-refractivity contribution in [2.75, 3.05) is 0 Å². The molecule has 0 fully saturated rings. The molecule has 0 aliphatic heterocycles. The van der Waals surface area contributed by atoms with Crippen molar-refractivity contribution in [3.8, 4) is 0 Å². The minimum Gasteiger partial charge on any atom is -0.301 e. The van der Waals surface area contributed by atoms with Gasteiger partial charge in [-0.15, -0.1) is 0 Å². The van der Waals surface area contributed by atoms with E-state index in [0.717, 1.165) is 12.1 Å². The van der Waals surface area contributed by atoms with Crippen LogP contribution in [0.2, 0.25) is 0 Å². The molecule has 122 valence electrons. The van der Waals surface area contributed by atoms with Gasteiger partial charge in [0.1, 0.15) is 5.82 Å². The van der Waals surface area contributed by atoms with Crippen molar-refractivity contribution in [3.63, 3.8) is 0 Å². The Morgan fingerprint density at radius 1 is 1.30 bits per heavy atom. The number of aromatic nitrogens is 2. The predicted molar refractivity (Wildman–Crippen MR) is 72.5 cm³/mol. The van der Waals surface area contributed by atoms with Crippen molar-refractivity contribution in [3.05, 3.63) is 61.8 Å². The van der Waals surface area contributed by atoms with E-state index in [1.807, 2.05) is 0 Å². The number of hydrogen-bond acceptors (Lipinski definition) is 5. The van der Waals surface area contributed by atoms with Gasteiger partial charge >= 0.3 is 6.18 Å². The molecule has 1 aromatic heterocycles. The fraction of sp³-hybridized carbons (Fsp3) is 0.167. The number of alkyl halides is 3. The Kier molecular flexibility index (Phi) is 4.68. The molecule has 1 heterocycles. The molecule has 0 amide bonds. The number of aromatic amines is 1. The van der Waals surface area contributed by atoms with Gasteiger partial charge in [0, 0.05) is 17.9 Å². The Bertz CT molecular complexity index is 807. The summed E-state index contributed by atoms with van der Waals surface area (Å²) in [7, 11) is 0. The lowest BCUT2D eigenvalue weighted by Gasteiger charge is -2.07. The van der Waals surface area contributed by atoms with E-state index >= 15 is 0 Å². The number of nitro groups is 1. The Morgan fingerprint density at radius 2 is 2.00 bits per heavy atom. The predicted octanol–water partition coefficient (Wildman–Crippen LogP) is 3.13. The number of rotatable bonds is 4. The number of H-pyrrole nitrogens is 1. The maximum absolute atomic E-state index is 13.7. The summed E-state index contributed by atoms with van der Waals surface area (Å²) < 4.78 is 51.3. The molecule has 6 nitrogen and oxygen atoms in total. The molecule has 2 aromatic rings. The summed E-state index contributed by atoms with van der Waals surface area (Å²) in [6.07, 6.45) is -4.78. The van der Waals surface area contributed by atoms with Crippen LogP contribution in [0, 0.1) is 15.9 Å². The van der Waals surface area contributed by atoms with Gasteiger partial charge in [0.05, 0.1) is 11.0 Å². The highest BCUT2D eigenvalue weighted by Crippen LogP contribution is 2.29. The van der Waals surface area contributed by atoms with E-state index in [9.17, 15) is 32.5 Å². The second-order valence-corrected chi connectivity index (χ2v) is 5.22. The van der Waals surface area contributed by atoms with E-state index < -0.39 is 33.9 Å². The molecule has 1 aromatic carbocycles. The second-order valence-electron chi connectivity index (χ2n) is 4.26. The number of nitro benzene ring substituents is 1. The lowest BCUT2D eigenvalue weighted by molar-refractivity contribution is -0.385. The molecule has 0 atom stereocenters. The van der Waals surface area contributed by atoms with Crippen molar-refractivity contribution in [2.45, 2.75) is 17.1 Å². The molecule has 0 aliphatic rings. The lowest BCUT2D eigenvalue weighted by atomic mass is 10.2. The molecule has 2 rings (SSSR count). The van der Waals surface area contributed by atoms with E-state index in [-0.39, 0.29) is 16.5 Å². The third-order valence-electron chi connectivity index (χ3n) is 2.62. The van der Waals surface area contributed by atoms with Crippen LogP contribution in [-0.2, 0) is 11.9 Å². The third kappa shape index (κ3) is 4.28. The van der Waals surface area contributed by atoms with E-state index in [2.05, 4.69) is 9.97 Å². The van der Waals surface area contributed by atoms with Crippen LogP contribution in [0.4, 0.5) is 23.2 Å². The maximum atomic E-state index is 13.7. The minimum absolute atomic E-state index is 0.0284. The first-order valence-corrected chi connectivity index (χ1v) is 6.89. The van der Waals surface area contributed by atoms with Gasteiger partial charge in [0.15, 0.2) is 10.9 Å². The van der Waals surface area contributed by atoms with Gasteiger partial charge in [-0.2, -0.15) is 13.2 Å². The number of hydrogen-bond donors (Lipinski definition) is 1. The number of thioether (sulfide) groups is 1. The first kappa shape index (κ1) is 16.9. The summed E-state index contributed by atoms with van der Waals surface area (Å²) >= 11 is 0.670. The van der Waals surface area contributed by atoms with Crippen molar-refractivity contribution < 1.29 is 22.5 Å². The highest BCUT2D eigenvalue weighted by atomic mass is 32.2. The number of benzene rings is 1. The Labute approximate surface area is 129 Å². The maximum Gasteiger partial charge on any atom is 0.433 e. The van der Waals surface area contributed by atoms with Crippen molar-refractivity contribution in [2.24, 2.45) is 0 Å². The zero-order valence-electron chi connectivity index (χ0n) is 11.1. The van der Waals surface area contributed by atoms with Crippen molar-refractivity contribution in [1.29, 1.82) is 0 Å². The summed E-state index contributed by atoms with van der Waals surface area (Å²) in [6, 6.07) is 3.24. The molecular weight excluding hydrogens is 342 g/mol. The van der Waals surface area contributed by atoms with E-state index in [4.69, 9.17) is 0 Å². The highest BCUT2D eigenvalue weighted by molar-refractivity contribution is 7.98. The summed E-state index contributed by atoms with van der Waals surface area (Å²) in [6.45, 7) is 0. The van der Waals surface area contributed by atoms with Crippen LogP contribution < -0.4 is 5.56 Å². The zero-order valence-corrected chi connectivity index (χ0v) is 11.9. The van der Waals surface area contributed by atoms with Gasteiger partial charge in [0.25, 0.3) is 11.2 Å². The molecule has 0 radical (unpaired) electrons. The summed E-state index contributed by atoms with van der Waals surface area (Å²) in [5, 5.41) is 10.2. The molecule has 0 spiro atoms. The summed E-state index contributed by atoms with van der Waals surface area (Å²) in [4.78, 5) is 26.3. The van der Waals surface area contributed by atoms with E-state index in [0.29, 0.717) is 23.9 Å². The molecule has 23 heavy (non-hydrogen) atoms. The van der Waals surface area contributed by atoms with Crippen LogP contribution >= 0.6 is 11.8 Å². The average Bonchev–Trinajstić information content (AvgIpc) is 2.44. The number of halogens is 4. The van der Waals surface area contributed by atoms with Gasteiger partial charge in [-0.1, -0.05) is 11.8 Å². The van der Waals surface area contributed by atoms with Gasteiger partial charge in [-0.3, -0.25) is 14.9 Å². The molecule has 0 bridgehead atoms. The Morgan fingerprint density at radius 3 is 2.57 bits per heavy atom. The largest absolute Gasteiger partial charge is 0.433 e. The van der Waals surface area contributed by atoms with E-state index in [1.54, 1.807) is 0 Å². The molecule has 0 aliphatic carbocycles. The molecule has 0 saturated carbocycles. The second kappa shape index (κ2) is 6.36. The Hall–Kier alpha value is -2.43. The first-order valence-electron chi connectivity index (χ1n) is 5.91. The summed E-state index contributed by atoms with van der Waals surface area (Å²) in [5.41, 5.74) is -2.76. The summed E-state index contributed by atoms with van der Waals surface area (Å²) in [5.74, 6) is -1.03. The van der Waals surface area contributed by atoms with Crippen LogP contribution in [0.3, 0.4) is 0 Å². The van der Waals surface area contributed by atoms with Crippen LogP contribution in [-0.4, -0.2) is 14.9 Å². The molecule has 11 heteroatoms. The van der Waals surface area contributed by atoms with Crippen molar-refractivity contribution >= 4 is 17.4 Å². The van der Waals surface area contributed by atoms with Gasteiger partial charge in [0.2, 0.25) is 0 Å². The zero-order chi connectivity index (χ0) is 17.2. The highest BCUT2D eigenvalue weighted by Gasteiger charge is 2.33. The molecule has 1 N–H and O–H groups in total. The fourth-order valence-corrected chi connectivity index (χ4v) is 2.42. The monoisotopic (exact) mass is 349 g/mol. The number of non-ortho nitro benzene ring substituents is 1. The smallest absolute Gasteiger partial charge is 0.301 e. The molecule has 0 saturated heterocycles. The normalized spacial score (nSPS) is 11.5. The standard InChI is InChI=1S/C12H7F4N3O3S/c13-8-3-7(19(21)22)2-1-6(8)5-23-11-17-9(12(14,15)16)4-10(20)18-11/h1-4H,5H2,(H,17,18,20). The first-order chi connectivity index (χ1) is 10.7. The van der Waals surface area contributed by atoms with Crippen LogP contribution in [0.25, 0.3) is 0 Å². The fourth-order valence-electron chi connectivity index (χ4n) is 1.56. The quantitative estimate of drug-likeness (QED) is 0.301. The van der Waals surface area contributed by atoms with Gasteiger partial charge in [-0.25, -0.2) is 9.37 Å². The van der Waals surface area contributed by atoms with Crippen LogP contribution in [0.1, 0.15) is 11.3 Å². The number of nitrogens with one attached hydrogen (secondary N) is 1. The lowest BCUT2D eigenvalue weighted by Crippen LogP contribution is -2.16. The van der Waals surface area contributed by atoms with Gasteiger partial charge in [-0.05, 0) is 11.6 Å². The SMILES string of the molecule is O=c1cc(C(F)(F)F)nc(SCc2ccc([N+](=O)[O-])cc2F)[nH]1. The Balaban J connectivity index is 2.20. The minimum atomic E-state index is -4.78. The van der Waals surface area contributed by atoms with Crippen LogP contribution in [0.15, 0.2) is 34.2 Å². The number of nitrogens with zero attached hydrogens (tertiary/aromatic N) is 2. The van der Waals surface area contributed by atoms with Crippen molar-refractivity contribution in [1.82, 2.24) is 9.97 Å². The average molecular weight is 349 g/mol. The van der Waals surface area contributed by atoms with Crippen LogP contribution in [0.5, 0.6) is 0 Å². The third-order valence-corrected chi connectivity index (χ3v) is 3.54. The van der Waals surface area contributed by atoms with Gasteiger partial charge < -0.3 is 4.98 Å². The molecular formula is C12H7F4N3O3S. The molecule has 0 unspecified atom stereocenters. The topological polar surface area (TPSA) is 88.9 Å².